The molecule has 0 aliphatic heterocycles. The zero-order valence-corrected chi connectivity index (χ0v) is 15.6. The molecule has 8 heteroatoms. The molecule has 7 nitrogen and oxygen atoms in total. The van der Waals surface area contributed by atoms with Gasteiger partial charge in [-0.1, -0.05) is 12.1 Å². The van der Waals surface area contributed by atoms with E-state index in [1.807, 2.05) is 31.3 Å². The summed E-state index contributed by atoms with van der Waals surface area (Å²) in [6.45, 7) is 0.332. The molecule has 110 valence electrons. The van der Waals surface area contributed by atoms with E-state index in [1.54, 1.807) is 0 Å². The summed E-state index contributed by atoms with van der Waals surface area (Å²) in [6, 6.07) is 7.50. The van der Waals surface area contributed by atoms with Crippen LogP contribution in [0.5, 0.6) is 0 Å². The Bertz CT molecular complexity index is 453. The standard InChI is InChI=1S/C13H19N3O4.K/c1-15-11-5-3-10(4-6-11)9-20-13(18)16(2)7-8-19-12(14)17;/h3-6,15H,7-9H2,1-2H3,(H2,14,17);/q;+1/p-1. The van der Waals surface area contributed by atoms with Gasteiger partial charge in [-0.15, -0.1) is 0 Å². The minimum Gasteiger partial charge on any atom is -0.632 e. The number of likely N-dealkylation sites (N-methyl/N-ethyl adjacent to an activating group) is 1. The molecule has 0 atom stereocenters. The SMILES string of the molecule is CNc1ccc(COC(=O)N(C)CCOC([NH-])=O)cc1.[K+]. The van der Waals surface area contributed by atoms with Crippen molar-refractivity contribution in [1.29, 1.82) is 0 Å². The van der Waals surface area contributed by atoms with Gasteiger partial charge in [-0.25, -0.2) is 4.79 Å². The quantitative estimate of drug-likeness (QED) is 0.713. The van der Waals surface area contributed by atoms with Crippen molar-refractivity contribution in [2.24, 2.45) is 0 Å². The number of anilines is 1. The van der Waals surface area contributed by atoms with E-state index in [1.165, 1.54) is 11.9 Å². The molecule has 2 amide bonds. The summed E-state index contributed by atoms with van der Waals surface area (Å²) in [7, 11) is 3.36. The molecule has 0 radical (unpaired) electrons. The number of nitrogens with zero attached hydrogens (tertiary/aromatic N) is 1. The Labute approximate surface area is 166 Å². The molecule has 1 aromatic rings. The first-order chi connectivity index (χ1) is 9.52. The van der Waals surface area contributed by atoms with Gasteiger partial charge in [-0.05, 0) is 17.7 Å². The molecule has 0 fully saturated rings. The topological polar surface area (TPSA) is 91.7 Å². The maximum atomic E-state index is 11.6. The minimum absolute atomic E-state index is 0. The number of amides is 2. The predicted molar refractivity (Wildman–Crippen MR) is 74.5 cm³/mol. The Kier molecular flexibility index (Phi) is 10.4. The molecule has 1 rings (SSSR count). The predicted octanol–water partition coefficient (Wildman–Crippen LogP) is -0.510. The number of ether oxygens (including phenoxy) is 2. The molecule has 1 aromatic carbocycles. The number of nitrogens with one attached hydrogen (secondary N) is 2. The van der Waals surface area contributed by atoms with Crippen LogP contribution in [-0.4, -0.2) is 44.3 Å². The zero-order valence-electron chi connectivity index (χ0n) is 12.5. The summed E-state index contributed by atoms with van der Waals surface area (Å²) in [5.41, 5.74) is 8.41. The molecule has 21 heavy (non-hydrogen) atoms. The number of hydrogen-bond donors (Lipinski definition) is 1. The molecule has 0 aliphatic rings. The third-order valence-electron chi connectivity index (χ3n) is 2.58. The fraction of sp³-hybridized carbons (Fsp3) is 0.385. The summed E-state index contributed by atoms with van der Waals surface area (Å²) >= 11 is 0. The van der Waals surface area contributed by atoms with Crippen molar-refractivity contribution in [2.45, 2.75) is 6.61 Å². The van der Waals surface area contributed by atoms with Crippen LogP contribution in [0.25, 0.3) is 5.73 Å². The number of rotatable bonds is 6. The fourth-order valence-corrected chi connectivity index (χ4v) is 1.39. The smallest absolute Gasteiger partial charge is 0.632 e. The van der Waals surface area contributed by atoms with E-state index in [4.69, 9.17) is 10.5 Å². The molecule has 0 saturated heterocycles. The van der Waals surface area contributed by atoms with Crippen LogP contribution >= 0.6 is 0 Å². The van der Waals surface area contributed by atoms with Crippen molar-refractivity contribution in [3.8, 4) is 0 Å². The normalized spacial score (nSPS) is 9.24. The summed E-state index contributed by atoms with van der Waals surface area (Å²) in [6.07, 6.45) is -1.62. The van der Waals surface area contributed by atoms with E-state index in [2.05, 4.69) is 10.1 Å². The minimum atomic E-state index is -1.11. The summed E-state index contributed by atoms with van der Waals surface area (Å²) in [4.78, 5) is 23.2. The first kappa shape index (κ1) is 20.2. The summed E-state index contributed by atoms with van der Waals surface area (Å²) < 4.78 is 9.52. The molecule has 0 unspecified atom stereocenters. The van der Waals surface area contributed by atoms with E-state index < -0.39 is 12.2 Å². The molecule has 0 saturated carbocycles. The van der Waals surface area contributed by atoms with Crippen LogP contribution in [0.1, 0.15) is 5.56 Å². The van der Waals surface area contributed by atoms with Crippen LogP contribution in [0.3, 0.4) is 0 Å². The van der Waals surface area contributed by atoms with Gasteiger partial charge in [0.15, 0.2) is 0 Å². The van der Waals surface area contributed by atoms with E-state index in [0.29, 0.717) is 0 Å². The van der Waals surface area contributed by atoms with Crippen LogP contribution in [0.2, 0.25) is 0 Å². The van der Waals surface area contributed by atoms with Crippen molar-refractivity contribution >= 4 is 17.9 Å². The maximum Gasteiger partial charge on any atom is 1.00 e. The molecule has 0 spiro atoms. The van der Waals surface area contributed by atoms with Gasteiger partial charge in [-0.2, -0.15) is 0 Å². The van der Waals surface area contributed by atoms with Crippen molar-refractivity contribution in [3.05, 3.63) is 35.6 Å². The first-order valence-electron chi connectivity index (χ1n) is 6.06. The zero-order chi connectivity index (χ0) is 15.0. The Morgan fingerprint density at radius 1 is 1.24 bits per heavy atom. The van der Waals surface area contributed by atoms with Gasteiger partial charge in [0.2, 0.25) is 6.09 Å². The van der Waals surface area contributed by atoms with Gasteiger partial charge in [0.25, 0.3) is 0 Å². The van der Waals surface area contributed by atoms with Gasteiger partial charge >= 0.3 is 57.5 Å². The van der Waals surface area contributed by atoms with Crippen LogP contribution in [0, 0.1) is 0 Å². The average Bonchev–Trinajstić information content (AvgIpc) is 2.44. The van der Waals surface area contributed by atoms with Gasteiger partial charge in [0.1, 0.15) is 13.2 Å². The first-order valence-corrected chi connectivity index (χ1v) is 6.06. The van der Waals surface area contributed by atoms with Crippen molar-refractivity contribution < 1.29 is 70.4 Å². The van der Waals surface area contributed by atoms with Gasteiger partial charge in [0, 0.05) is 19.8 Å². The number of hydrogen-bond acceptors (Lipinski definition) is 5. The molecule has 0 aromatic heterocycles. The Hall–Kier alpha value is -0.804. The van der Waals surface area contributed by atoms with Gasteiger partial charge < -0.3 is 25.4 Å². The van der Waals surface area contributed by atoms with E-state index >= 15 is 0 Å². The number of carbonyl (C=O) groups excluding carboxylic acids is 2. The molecule has 0 heterocycles. The monoisotopic (exact) mass is 319 g/mol. The Morgan fingerprint density at radius 2 is 1.86 bits per heavy atom. The fourth-order valence-electron chi connectivity index (χ4n) is 1.39. The number of carbonyl (C=O) groups is 2. The van der Waals surface area contributed by atoms with Crippen LogP contribution in [0.15, 0.2) is 24.3 Å². The molecular weight excluding hydrogens is 301 g/mol. The second-order valence-corrected chi connectivity index (χ2v) is 4.06. The third kappa shape index (κ3) is 8.27. The van der Waals surface area contributed by atoms with Crippen LogP contribution in [0.4, 0.5) is 15.3 Å². The molecule has 0 bridgehead atoms. The van der Waals surface area contributed by atoms with Crippen molar-refractivity contribution in [2.75, 3.05) is 32.6 Å². The summed E-state index contributed by atoms with van der Waals surface area (Å²) in [5, 5.41) is 3.00. The second kappa shape index (κ2) is 10.9. The Balaban J connectivity index is 0.00000400. The average molecular weight is 319 g/mol. The van der Waals surface area contributed by atoms with Crippen molar-refractivity contribution in [1.82, 2.24) is 4.90 Å². The maximum absolute atomic E-state index is 11.6. The molecular formula is C13H18KN3O4. The van der Waals surface area contributed by atoms with E-state index in [-0.39, 0.29) is 71.1 Å². The van der Waals surface area contributed by atoms with Crippen LogP contribution < -0.4 is 56.7 Å². The van der Waals surface area contributed by atoms with Crippen molar-refractivity contribution in [3.63, 3.8) is 0 Å². The van der Waals surface area contributed by atoms with Crippen LogP contribution in [-0.2, 0) is 16.1 Å². The van der Waals surface area contributed by atoms with E-state index in [9.17, 15) is 9.59 Å². The Morgan fingerprint density at radius 3 is 2.38 bits per heavy atom. The van der Waals surface area contributed by atoms with Gasteiger partial charge in [-0.3, -0.25) is 4.79 Å². The van der Waals surface area contributed by atoms with Gasteiger partial charge in [0.05, 0.1) is 6.54 Å². The molecule has 0 aliphatic carbocycles. The number of benzene rings is 1. The largest absolute Gasteiger partial charge is 1.00 e. The second-order valence-electron chi connectivity index (χ2n) is 4.06. The summed E-state index contributed by atoms with van der Waals surface area (Å²) in [5.74, 6) is 0. The van der Waals surface area contributed by atoms with E-state index in [0.717, 1.165) is 11.3 Å². The third-order valence-corrected chi connectivity index (χ3v) is 2.58. The molecule has 2 N–H and O–H groups in total.